The molecule has 2 saturated heterocycles. The number of nitrogens with zero attached hydrogens (tertiary/aromatic N) is 2. The van der Waals surface area contributed by atoms with Gasteiger partial charge in [0.2, 0.25) is 0 Å². The highest BCUT2D eigenvalue weighted by molar-refractivity contribution is 6.09. The largest absolute Gasteiger partial charge is 0.341 e. The van der Waals surface area contributed by atoms with Crippen LogP contribution in [0.2, 0.25) is 0 Å². The Hall–Kier alpha value is -1.10. The molecule has 1 amide bonds. The van der Waals surface area contributed by atoms with Crippen molar-refractivity contribution >= 4 is 11.9 Å². The number of likely N-dealkylation sites (N-methyl/N-ethyl adjacent to an activating group) is 1. The molecule has 2 aliphatic rings. The van der Waals surface area contributed by atoms with Gasteiger partial charge in [0.1, 0.15) is 5.54 Å². The molecule has 5 nitrogen and oxygen atoms in total. The van der Waals surface area contributed by atoms with Gasteiger partial charge in [-0.3, -0.25) is 15.1 Å². The van der Waals surface area contributed by atoms with Crippen LogP contribution in [0, 0.1) is 0 Å². The van der Waals surface area contributed by atoms with Crippen LogP contribution in [0.15, 0.2) is 4.99 Å². The number of hydrogen-bond donors (Lipinski definition) is 2. The lowest BCUT2D eigenvalue weighted by Gasteiger charge is -2.36. The average molecular weight is 196 g/mol. The summed E-state index contributed by atoms with van der Waals surface area (Å²) in [6, 6.07) is 0. The highest BCUT2D eigenvalue weighted by Gasteiger charge is 2.46. The van der Waals surface area contributed by atoms with E-state index in [1.807, 2.05) is 7.05 Å². The lowest BCUT2D eigenvalue weighted by Crippen LogP contribution is -2.57. The molecule has 0 radical (unpaired) electrons. The molecule has 2 rings (SSSR count). The first kappa shape index (κ1) is 9.45. The number of aliphatic imine (C=N–C) groups is 1. The van der Waals surface area contributed by atoms with E-state index in [9.17, 15) is 4.79 Å². The molecule has 0 bridgehead atoms. The number of nitrogens with one attached hydrogen (secondary N) is 2. The van der Waals surface area contributed by atoms with Crippen molar-refractivity contribution in [2.75, 3.05) is 27.2 Å². The van der Waals surface area contributed by atoms with Crippen molar-refractivity contribution in [3.63, 3.8) is 0 Å². The van der Waals surface area contributed by atoms with Crippen LogP contribution in [0.25, 0.3) is 0 Å². The van der Waals surface area contributed by atoms with Gasteiger partial charge in [-0.15, -0.1) is 0 Å². The Balaban J connectivity index is 2.19. The topological polar surface area (TPSA) is 56.7 Å². The summed E-state index contributed by atoms with van der Waals surface area (Å²) in [4.78, 5) is 17.9. The molecule has 78 valence electrons. The zero-order chi connectivity index (χ0) is 10.2. The first-order chi connectivity index (χ1) is 6.66. The second-order valence-corrected chi connectivity index (χ2v) is 4.07. The highest BCUT2D eigenvalue weighted by atomic mass is 16.2. The van der Waals surface area contributed by atoms with Crippen LogP contribution in [-0.2, 0) is 4.79 Å². The van der Waals surface area contributed by atoms with E-state index in [4.69, 9.17) is 0 Å². The summed E-state index contributed by atoms with van der Waals surface area (Å²) in [6.45, 7) is 1.83. The molecule has 2 fully saturated rings. The number of guanidine groups is 1. The molecule has 2 N–H and O–H groups in total. The molecule has 0 aromatic carbocycles. The molecule has 1 atom stereocenters. The molecule has 0 saturated carbocycles. The van der Waals surface area contributed by atoms with E-state index in [0.29, 0.717) is 5.96 Å². The van der Waals surface area contributed by atoms with Gasteiger partial charge in [0.25, 0.3) is 5.91 Å². The molecule has 0 aliphatic carbocycles. The molecule has 5 heteroatoms. The number of piperidine rings is 1. The van der Waals surface area contributed by atoms with Gasteiger partial charge in [-0.1, -0.05) is 0 Å². The van der Waals surface area contributed by atoms with Gasteiger partial charge in [-0.05, 0) is 26.4 Å². The van der Waals surface area contributed by atoms with Gasteiger partial charge >= 0.3 is 0 Å². The molecule has 0 aromatic heterocycles. The lowest BCUT2D eigenvalue weighted by atomic mass is 9.89. The Morgan fingerprint density at radius 1 is 1.57 bits per heavy atom. The Morgan fingerprint density at radius 3 is 2.93 bits per heavy atom. The van der Waals surface area contributed by atoms with Crippen LogP contribution in [0.4, 0.5) is 0 Å². The summed E-state index contributed by atoms with van der Waals surface area (Å²) in [5, 5.41) is 5.94. The quantitative estimate of drug-likeness (QED) is 0.531. The Morgan fingerprint density at radius 2 is 2.36 bits per heavy atom. The first-order valence-electron chi connectivity index (χ1n) is 4.91. The van der Waals surface area contributed by atoms with Crippen LogP contribution >= 0.6 is 0 Å². The van der Waals surface area contributed by atoms with Crippen molar-refractivity contribution in [1.29, 1.82) is 0 Å². The average Bonchev–Trinajstić information content (AvgIpc) is 2.44. The van der Waals surface area contributed by atoms with Gasteiger partial charge in [-0.2, -0.15) is 0 Å². The Labute approximate surface area is 83.6 Å². The van der Waals surface area contributed by atoms with Crippen molar-refractivity contribution < 1.29 is 4.79 Å². The van der Waals surface area contributed by atoms with Crippen LogP contribution < -0.4 is 10.6 Å². The fourth-order valence-corrected chi connectivity index (χ4v) is 2.21. The summed E-state index contributed by atoms with van der Waals surface area (Å²) in [6.07, 6.45) is 1.94. The predicted molar refractivity (Wildman–Crippen MR) is 54.1 cm³/mol. The maximum Gasteiger partial charge on any atom is 0.253 e. The number of hydrogen-bond acceptors (Lipinski definition) is 3. The van der Waals surface area contributed by atoms with Crippen molar-refractivity contribution in [2.45, 2.75) is 18.4 Å². The Bertz CT molecular complexity index is 289. The SMILES string of the molecule is CN=C1NC(=O)C2(CCCN(C)C2)N1. The molecule has 1 unspecified atom stereocenters. The minimum absolute atomic E-state index is 0.0599. The third-order valence-electron chi connectivity index (χ3n) is 2.93. The second kappa shape index (κ2) is 3.24. The maximum absolute atomic E-state index is 11.8. The van der Waals surface area contributed by atoms with E-state index >= 15 is 0 Å². The maximum atomic E-state index is 11.8. The standard InChI is InChI=1S/C9H16N4O/c1-10-8-11-7(14)9(12-8)4-3-5-13(2)6-9/h3-6H2,1-2H3,(H2,10,11,12,14). The monoisotopic (exact) mass is 196 g/mol. The normalized spacial score (nSPS) is 36.1. The fraction of sp³-hybridized carbons (Fsp3) is 0.778. The third kappa shape index (κ3) is 1.37. The van der Waals surface area contributed by atoms with Gasteiger partial charge in [0, 0.05) is 13.6 Å². The lowest BCUT2D eigenvalue weighted by molar-refractivity contribution is -0.125. The summed E-state index contributed by atoms with van der Waals surface area (Å²) < 4.78 is 0. The zero-order valence-electron chi connectivity index (χ0n) is 8.63. The third-order valence-corrected chi connectivity index (χ3v) is 2.93. The van der Waals surface area contributed by atoms with Crippen LogP contribution in [0.5, 0.6) is 0 Å². The minimum atomic E-state index is -0.429. The van der Waals surface area contributed by atoms with E-state index in [2.05, 4.69) is 20.5 Å². The van der Waals surface area contributed by atoms with Gasteiger partial charge in [0.05, 0.1) is 0 Å². The van der Waals surface area contributed by atoms with Crippen molar-refractivity contribution in [3.8, 4) is 0 Å². The zero-order valence-corrected chi connectivity index (χ0v) is 8.63. The molecular formula is C9H16N4O. The predicted octanol–water partition coefficient (Wildman–Crippen LogP) is -0.844. The molecular weight excluding hydrogens is 180 g/mol. The smallest absolute Gasteiger partial charge is 0.253 e. The Kier molecular flexibility index (Phi) is 2.19. The van der Waals surface area contributed by atoms with E-state index < -0.39 is 5.54 Å². The van der Waals surface area contributed by atoms with Crippen molar-refractivity contribution in [3.05, 3.63) is 0 Å². The molecule has 1 spiro atoms. The number of amides is 1. The molecule has 2 aliphatic heterocycles. The second-order valence-electron chi connectivity index (χ2n) is 4.07. The van der Waals surface area contributed by atoms with Crippen molar-refractivity contribution in [1.82, 2.24) is 15.5 Å². The summed E-state index contributed by atoms with van der Waals surface area (Å²) in [5.74, 6) is 0.662. The first-order valence-corrected chi connectivity index (χ1v) is 4.91. The molecule has 14 heavy (non-hydrogen) atoms. The molecule has 2 heterocycles. The van der Waals surface area contributed by atoms with E-state index in [-0.39, 0.29) is 5.91 Å². The number of carbonyl (C=O) groups is 1. The van der Waals surface area contributed by atoms with Crippen LogP contribution in [0.1, 0.15) is 12.8 Å². The highest BCUT2D eigenvalue weighted by Crippen LogP contribution is 2.23. The number of carbonyl (C=O) groups excluding carboxylic acids is 1. The summed E-state index contributed by atoms with van der Waals surface area (Å²) >= 11 is 0. The van der Waals surface area contributed by atoms with Crippen LogP contribution in [0.3, 0.4) is 0 Å². The van der Waals surface area contributed by atoms with Gasteiger partial charge in [-0.25, -0.2) is 0 Å². The summed E-state index contributed by atoms with van der Waals surface area (Å²) in [5.41, 5.74) is -0.429. The van der Waals surface area contributed by atoms with E-state index in [0.717, 1.165) is 25.9 Å². The van der Waals surface area contributed by atoms with E-state index in [1.54, 1.807) is 7.05 Å². The minimum Gasteiger partial charge on any atom is -0.341 e. The van der Waals surface area contributed by atoms with Crippen molar-refractivity contribution in [2.24, 2.45) is 4.99 Å². The van der Waals surface area contributed by atoms with Gasteiger partial charge < -0.3 is 10.2 Å². The number of rotatable bonds is 0. The molecule has 0 aromatic rings. The van der Waals surface area contributed by atoms with Crippen LogP contribution in [-0.4, -0.2) is 49.5 Å². The number of likely N-dealkylation sites (tertiary alicyclic amines) is 1. The van der Waals surface area contributed by atoms with Gasteiger partial charge in [0.15, 0.2) is 5.96 Å². The summed E-state index contributed by atoms with van der Waals surface area (Å²) in [7, 11) is 3.71. The van der Waals surface area contributed by atoms with E-state index in [1.165, 1.54) is 0 Å². The fourth-order valence-electron chi connectivity index (χ4n) is 2.21.